The molecular formula is C15H16N2OS. The standard InChI is InChI=1S/C15H16N2OS/c1-2-3-4-9-18-14-7-5-6-12(13(14)11-16)15-17-8-10-19-15/h5-8,10H,2-4,9H2,1H3. The molecule has 2 aromatic rings. The smallest absolute Gasteiger partial charge is 0.137 e. The second kappa shape index (κ2) is 6.91. The van der Waals surface area contributed by atoms with Crippen molar-refractivity contribution in [2.24, 2.45) is 0 Å². The van der Waals surface area contributed by atoms with Gasteiger partial charge in [0, 0.05) is 17.1 Å². The highest BCUT2D eigenvalue weighted by molar-refractivity contribution is 7.13. The summed E-state index contributed by atoms with van der Waals surface area (Å²) in [6.07, 6.45) is 5.07. The number of hydrogen-bond donors (Lipinski definition) is 0. The van der Waals surface area contributed by atoms with Crippen molar-refractivity contribution in [3.8, 4) is 22.4 Å². The largest absolute Gasteiger partial charge is 0.492 e. The number of aromatic nitrogens is 1. The van der Waals surface area contributed by atoms with Gasteiger partial charge in [0.1, 0.15) is 22.4 Å². The number of thiazole rings is 1. The van der Waals surface area contributed by atoms with Crippen LogP contribution in [0.4, 0.5) is 0 Å². The third-order valence-electron chi connectivity index (χ3n) is 2.81. The average Bonchev–Trinajstić information content (AvgIpc) is 2.97. The summed E-state index contributed by atoms with van der Waals surface area (Å²) in [6, 6.07) is 7.91. The van der Waals surface area contributed by atoms with E-state index in [9.17, 15) is 5.26 Å². The number of ether oxygens (including phenoxy) is 1. The number of unbranched alkanes of at least 4 members (excludes halogenated alkanes) is 2. The van der Waals surface area contributed by atoms with Gasteiger partial charge < -0.3 is 4.74 Å². The molecule has 1 aromatic carbocycles. The molecule has 0 aliphatic carbocycles. The van der Waals surface area contributed by atoms with E-state index in [0.29, 0.717) is 17.9 Å². The van der Waals surface area contributed by atoms with Crippen LogP contribution in [-0.2, 0) is 0 Å². The first-order valence-corrected chi connectivity index (χ1v) is 7.30. The van der Waals surface area contributed by atoms with Crippen LogP contribution in [0, 0.1) is 11.3 Å². The molecule has 0 aliphatic heterocycles. The summed E-state index contributed by atoms with van der Waals surface area (Å²) in [5.74, 6) is 0.659. The van der Waals surface area contributed by atoms with Gasteiger partial charge in [0.25, 0.3) is 0 Å². The lowest BCUT2D eigenvalue weighted by molar-refractivity contribution is 0.305. The van der Waals surface area contributed by atoms with Crippen molar-refractivity contribution in [1.29, 1.82) is 5.26 Å². The lowest BCUT2D eigenvalue weighted by Crippen LogP contribution is -1.99. The van der Waals surface area contributed by atoms with Gasteiger partial charge in [-0.2, -0.15) is 5.26 Å². The lowest BCUT2D eigenvalue weighted by Gasteiger charge is -2.09. The summed E-state index contributed by atoms with van der Waals surface area (Å²) in [7, 11) is 0. The molecule has 1 aromatic heterocycles. The predicted octanol–water partition coefficient (Wildman–Crippen LogP) is 4.25. The number of nitrogens with zero attached hydrogens (tertiary/aromatic N) is 2. The molecule has 2 rings (SSSR count). The second-order valence-corrected chi connectivity index (χ2v) is 5.08. The molecule has 0 aliphatic rings. The van der Waals surface area contributed by atoms with Crippen LogP contribution < -0.4 is 4.74 Å². The highest BCUT2D eigenvalue weighted by atomic mass is 32.1. The van der Waals surface area contributed by atoms with E-state index >= 15 is 0 Å². The number of nitriles is 1. The third-order valence-corrected chi connectivity index (χ3v) is 3.61. The Morgan fingerprint density at radius 2 is 2.26 bits per heavy atom. The Bertz CT molecular complexity index is 558. The zero-order valence-corrected chi connectivity index (χ0v) is 11.7. The minimum Gasteiger partial charge on any atom is -0.492 e. The van der Waals surface area contributed by atoms with E-state index < -0.39 is 0 Å². The maximum atomic E-state index is 9.35. The molecule has 19 heavy (non-hydrogen) atoms. The maximum absolute atomic E-state index is 9.35. The predicted molar refractivity (Wildman–Crippen MR) is 77.3 cm³/mol. The van der Waals surface area contributed by atoms with Gasteiger partial charge in [-0.25, -0.2) is 4.98 Å². The molecule has 0 amide bonds. The van der Waals surface area contributed by atoms with Gasteiger partial charge in [-0.05, 0) is 12.5 Å². The zero-order valence-electron chi connectivity index (χ0n) is 10.9. The van der Waals surface area contributed by atoms with Gasteiger partial charge in [-0.15, -0.1) is 11.3 Å². The molecule has 0 radical (unpaired) electrons. The topological polar surface area (TPSA) is 45.9 Å². The van der Waals surface area contributed by atoms with E-state index in [0.717, 1.165) is 29.8 Å². The quantitative estimate of drug-likeness (QED) is 0.738. The Kier molecular flexibility index (Phi) is 4.93. The molecule has 0 saturated carbocycles. The normalized spacial score (nSPS) is 10.1. The van der Waals surface area contributed by atoms with Crippen molar-refractivity contribution in [1.82, 2.24) is 4.98 Å². The molecule has 0 saturated heterocycles. The molecule has 3 nitrogen and oxygen atoms in total. The van der Waals surface area contributed by atoms with Crippen LogP contribution in [0.5, 0.6) is 5.75 Å². The van der Waals surface area contributed by atoms with Crippen LogP contribution in [0.3, 0.4) is 0 Å². The van der Waals surface area contributed by atoms with Gasteiger partial charge in [-0.3, -0.25) is 0 Å². The third kappa shape index (κ3) is 3.33. The monoisotopic (exact) mass is 272 g/mol. The molecule has 0 bridgehead atoms. The number of benzene rings is 1. The Morgan fingerprint density at radius 3 is 2.95 bits per heavy atom. The van der Waals surface area contributed by atoms with E-state index in [1.165, 1.54) is 11.3 Å². The summed E-state index contributed by atoms with van der Waals surface area (Å²) in [5, 5.41) is 12.1. The van der Waals surface area contributed by atoms with Crippen LogP contribution in [0.1, 0.15) is 31.7 Å². The van der Waals surface area contributed by atoms with Crippen molar-refractivity contribution < 1.29 is 4.74 Å². The van der Waals surface area contributed by atoms with E-state index in [1.54, 1.807) is 6.20 Å². The molecule has 98 valence electrons. The first kappa shape index (κ1) is 13.6. The van der Waals surface area contributed by atoms with Crippen LogP contribution >= 0.6 is 11.3 Å². The minimum atomic E-state index is 0.578. The van der Waals surface area contributed by atoms with Gasteiger partial charge in [0.05, 0.1) is 6.61 Å². The van der Waals surface area contributed by atoms with Crippen molar-refractivity contribution in [2.75, 3.05) is 6.61 Å². The summed E-state index contributed by atoms with van der Waals surface area (Å²) < 4.78 is 5.72. The minimum absolute atomic E-state index is 0.578. The van der Waals surface area contributed by atoms with Crippen molar-refractivity contribution >= 4 is 11.3 Å². The molecule has 0 fully saturated rings. The molecule has 0 atom stereocenters. The van der Waals surface area contributed by atoms with Crippen molar-refractivity contribution in [3.63, 3.8) is 0 Å². The Labute approximate surface area is 117 Å². The summed E-state index contributed by atoms with van der Waals surface area (Å²) >= 11 is 1.53. The van der Waals surface area contributed by atoms with Gasteiger partial charge >= 0.3 is 0 Å². The Hall–Kier alpha value is -1.86. The SMILES string of the molecule is CCCCCOc1cccc(-c2nccs2)c1C#N. The van der Waals surface area contributed by atoms with Crippen LogP contribution in [0.25, 0.3) is 10.6 Å². The average molecular weight is 272 g/mol. The zero-order chi connectivity index (χ0) is 13.5. The molecule has 1 heterocycles. The Balaban J connectivity index is 2.21. The summed E-state index contributed by atoms with van der Waals surface area (Å²) in [6.45, 7) is 2.81. The summed E-state index contributed by atoms with van der Waals surface area (Å²) in [5.41, 5.74) is 1.43. The van der Waals surface area contributed by atoms with E-state index in [1.807, 2.05) is 23.6 Å². The van der Waals surface area contributed by atoms with E-state index in [2.05, 4.69) is 18.0 Å². The molecule has 0 spiro atoms. The highest BCUT2D eigenvalue weighted by Crippen LogP contribution is 2.31. The van der Waals surface area contributed by atoms with Gasteiger partial charge in [0.2, 0.25) is 0 Å². The van der Waals surface area contributed by atoms with Crippen molar-refractivity contribution in [2.45, 2.75) is 26.2 Å². The second-order valence-electron chi connectivity index (χ2n) is 4.18. The van der Waals surface area contributed by atoms with Gasteiger partial charge in [-0.1, -0.05) is 31.9 Å². The molecule has 4 heteroatoms. The fourth-order valence-corrected chi connectivity index (χ4v) is 2.51. The highest BCUT2D eigenvalue weighted by Gasteiger charge is 2.12. The fraction of sp³-hybridized carbons (Fsp3) is 0.333. The fourth-order valence-electron chi connectivity index (χ4n) is 1.84. The maximum Gasteiger partial charge on any atom is 0.137 e. The first-order chi connectivity index (χ1) is 9.36. The lowest BCUT2D eigenvalue weighted by atomic mass is 10.1. The van der Waals surface area contributed by atoms with Crippen LogP contribution in [-0.4, -0.2) is 11.6 Å². The first-order valence-electron chi connectivity index (χ1n) is 6.42. The van der Waals surface area contributed by atoms with E-state index in [-0.39, 0.29) is 0 Å². The van der Waals surface area contributed by atoms with Gasteiger partial charge in [0.15, 0.2) is 0 Å². The van der Waals surface area contributed by atoms with E-state index in [4.69, 9.17) is 4.74 Å². The Morgan fingerprint density at radius 1 is 1.37 bits per heavy atom. The molecule has 0 unspecified atom stereocenters. The number of hydrogen-bond acceptors (Lipinski definition) is 4. The summed E-state index contributed by atoms with van der Waals surface area (Å²) in [4.78, 5) is 4.26. The van der Waals surface area contributed by atoms with Crippen LogP contribution in [0.15, 0.2) is 29.8 Å². The molecular weight excluding hydrogens is 256 g/mol. The van der Waals surface area contributed by atoms with Crippen molar-refractivity contribution in [3.05, 3.63) is 35.3 Å². The number of rotatable bonds is 6. The van der Waals surface area contributed by atoms with Crippen LogP contribution in [0.2, 0.25) is 0 Å². The molecule has 0 N–H and O–H groups in total.